The summed E-state index contributed by atoms with van der Waals surface area (Å²) in [4.78, 5) is 13.9. The maximum atomic E-state index is 12.0. The van der Waals surface area contributed by atoms with Gasteiger partial charge in [-0.1, -0.05) is 32.9 Å². The summed E-state index contributed by atoms with van der Waals surface area (Å²) < 4.78 is 12.4. The molecule has 0 unspecified atom stereocenters. The van der Waals surface area contributed by atoms with Crippen molar-refractivity contribution in [3.05, 3.63) is 23.8 Å². The van der Waals surface area contributed by atoms with Gasteiger partial charge in [-0.3, -0.25) is 4.79 Å². The molecule has 0 radical (unpaired) electrons. The van der Waals surface area contributed by atoms with Crippen molar-refractivity contribution in [3.63, 3.8) is 0 Å². The molecular formula is C20H32BNO3. The predicted molar refractivity (Wildman–Crippen MR) is 105 cm³/mol. The van der Waals surface area contributed by atoms with Gasteiger partial charge in [0.15, 0.2) is 0 Å². The van der Waals surface area contributed by atoms with Crippen LogP contribution in [0.1, 0.15) is 67.9 Å². The Balaban J connectivity index is 2.49. The predicted octanol–water partition coefficient (Wildman–Crippen LogP) is 3.66. The number of anilines is 1. The molecule has 2 rings (SSSR count). The van der Waals surface area contributed by atoms with E-state index in [1.54, 1.807) is 6.92 Å². The highest BCUT2D eigenvalue weighted by Crippen LogP contribution is 2.37. The second kappa shape index (κ2) is 6.44. The molecule has 4 nitrogen and oxygen atoms in total. The highest BCUT2D eigenvalue weighted by Gasteiger charge is 2.51. The van der Waals surface area contributed by atoms with Crippen LogP contribution in [-0.4, -0.2) is 30.8 Å². The second-order valence-electron chi connectivity index (χ2n) is 8.88. The first-order valence-electron chi connectivity index (χ1n) is 9.08. The first-order valence-corrected chi connectivity index (χ1v) is 9.08. The topological polar surface area (TPSA) is 38.8 Å². The van der Waals surface area contributed by atoms with E-state index < -0.39 is 7.12 Å². The van der Waals surface area contributed by atoms with Gasteiger partial charge in [-0.2, -0.15) is 0 Å². The molecule has 1 heterocycles. The average Bonchev–Trinajstić information content (AvgIpc) is 2.67. The minimum atomic E-state index is -0.396. The molecule has 0 atom stereocenters. The Hall–Kier alpha value is -1.33. The van der Waals surface area contributed by atoms with Crippen LogP contribution >= 0.6 is 0 Å². The Bertz CT molecular complexity index is 645. The molecule has 1 amide bonds. The average molecular weight is 345 g/mol. The largest absolute Gasteiger partial charge is 0.494 e. The molecule has 1 aliphatic rings. The van der Waals surface area contributed by atoms with E-state index in [1.165, 1.54) is 0 Å². The fourth-order valence-corrected chi connectivity index (χ4v) is 3.08. The molecule has 5 heteroatoms. The summed E-state index contributed by atoms with van der Waals surface area (Å²) >= 11 is 0. The lowest BCUT2D eigenvalue weighted by Gasteiger charge is -2.32. The summed E-state index contributed by atoms with van der Waals surface area (Å²) in [6, 6.07) is 6.16. The number of carbonyl (C=O) groups excluding carboxylic acids is 1. The molecule has 0 N–H and O–H groups in total. The van der Waals surface area contributed by atoms with Gasteiger partial charge in [0.1, 0.15) is 0 Å². The molecule has 1 fully saturated rings. The highest BCUT2D eigenvalue weighted by molar-refractivity contribution is 6.62. The van der Waals surface area contributed by atoms with Crippen LogP contribution in [0.15, 0.2) is 18.2 Å². The zero-order valence-corrected chi connectivity index (χ0v) is 17.2. The van der Waals surface area contributed by atoms with Crippen molar-refractivity contribution in [2.75, 3.05) is 11.4 Å². The molecule has 1 aliphatic heterocycles. The zero-order chi connectivity index (χ0) is 19.2. The smallest absolute Gasteiger partial charge is 0.399 e. The summed E-state index contributed by atoms with van der Waals surface area (Å²) in [6.07, 6.45) is 0. The fraction of sp³-hybridized carbons (Fsp3) is 0.650. The lowest BCUT2D eigenvalue weighted by atomic mass is 9.74. The van der Waals surface area contributed by atoms with Crippen LogP contribution < -0.4 is 10.4 Å². The molecule has 0 aromatic heterocycles. The van der Waals surface area contributed by atoms with Crippen molar-refractivity contribution in [3.8, 4) is 0 Å². The lowest BCUT2D eigenvalue weighted by molar-refractivity contribution is -0.116. The van der Waals surface area contributed by atoms with Gasteiger partial charge in [0.05, 0.1) is 11.2 Å². The third-order valence-corrected chi connectivity index (χ3v) is 5.34. The van der Waals surface area contributed by atoms with Crippen LogP contribution in [0.5, 0.6) is 0 Å². The monoisotopic (exact) mass is 345 g/mol. The molecule has 0 saturated carbocycles. The first kappa shape index (κ1) is 20.0. The summed E-state index contributed by atoms with van der Waals surface area (Å²) in [5.41, 5.74) is 2.24. The van der Waals surface area contributed by atoms with E-state index in [9.17, 15) is 4.79 Å². The third-order valence-electron chi connectivity index (χ3n) is 5.34. The van der Waals surface area contributed by atoms with E-state index in [0.29, 0.717) is 6.54 Å². The Kier molecular flexibility index (Phi) is 5.15. The number of hydrogen-bond acceptors (Lipinski definition) is 3. The number of rotatable bonds is 3. The van der Waals surface area contributed by atoms with Gasteiger partial charge in [-0.25, -0.2) is 0 Å². The van der Waals surface area contributed by atoms with E-state index in [1.807, 2.05) is 24.0 Å². The van der Waals surface area contributed by atoms with Crippen LogP contribution in [0.3, 0.4) is 0 Å². The van der Waals surface area contributed by atoms with E-state index in [0.717, 1.165) is 16.7 Å². The zero-order valence-electron chi connectivity index (χ0n) is 17.2. The SMILES string of the molecule is CCN(C(C)=O)c1ccc(B2OC(C)(C)C(C)(C)O2)cc1C(C)(C)C. The standard InChI is InChI=1S/C20H32BNO3/c1-10-22(14(2)23)17-12-11-15(13-16(17)18(3,4)5)21-24-19(6,7)20(8,9)25-21/h11-13H,10H2,1-9H3. The summed E-state index contributed by atoms with van der Waals surface area (Å²) in [6.45, 7) is 19.0. The molecule has 1 aromatic carbocycles. The Morgan fingerprint density at radius 1 is 1.12 bits per heavy atom. The van der Waals surface area contributed by atoms with Gasteiger partial charge in [0.2, 0.25) is 5.91 Å². The summed E-state index contributed by atoms with van der Waals surface area (Å²) in [5, 5.41) is 0. The van der Waals surface area contributed by atoms with E-state index >= 15 is 0 Å². The van der Waals surface area contributed by atoms with Crippen molar-refractivity contribution in [1.29, 1.82) is 0 Å². The van der Waals surface area contributed by atoms with Crippen molar-refractivity contribution in [1.82, 2.24) is 0 Å². The van der Waals surface area contributed by atoms with Crippen LogP contribution in [0.25, 0.3) is 0 Å². The van der Waals surface area contributed by atoms with Crippen LogP contribution in [0, 0.1) is 0 Å². The van der Waals surface area contributed by atoms with Gasteiger partial charge in [0.25, 0.3) is 0 Å². The minimum Gasteiger partial charge on any atom is -0.399 e. The van der Waals surface area contributed by atoms with Gasteiger partial charge in [-0.15, -0.1) is 0 Å². The number of hydrogen-bond donors (Lipinski definition) is 0. The second-order valence-corrected chi connectivity index (χ2v) is 8.88. The van der Waals surface area contributed by atoms with Gasteiger partial charge < -0.3 is 14.2 Å². The third kappa shape index (κ3) is 3.77. The molecule has 0 spiro atoms. The summed E-state index contributed by atoms with van der Waals surface area (Å²) in [5.74, 6) is 0.0522. The number of carbonyl (C=O) groups is 1. The molecule has 138 valence electrons. The van der Waals surface area contributed by atoms with Gasteiger partial charge in [0, 0.05) is 19.2 Å². The molecular weight excluding hydrogens is 313 g/mol. The number of amides is 1. The number of nitrogens with zero attached hydrogens (tertiary/aromatic N) is 1. The first-order chi connectivity index (χ1) is 11.3. The van der Waals surface area contributed by atoms with E-state index in [2.05, 4.69) is 54.5 Å². The van der Waals surface area contributed by atoms with Gasteiger partial charge >= 0.3 is 7.12 Å². The van der Waals surface area contributed by atoms with E-state index in [4.69, 9.17) is 9.31 Å². The normalized spacial score (nSPS) is 19.2. The van der Waals surface area contributed by atoms with Gasteiger partial charge in [-0.05, 0) is 57.1 Å². The maximum Gasteiger partial charge on any atom is 0.494 e. The quantitative estimate of drug-likeness (QED) is 0.785. The maximum absolute atomic E-state index is 12.0. The lowest BCUT2D eigenvalue weighted by Crippen LogP contribution is -2.41. The Morgan fingerprint density at radius 3 is 2.04 bits per heavy atom. The highest BCUT2D eigenvalue weighted by atomic mass is 16.7. The minimum absolute atomic E-state index is 0.0522. The van der Waals surface area contributed by atoms with Crippen molar-refractivity contribution >= 4 is 24.2 Å². The van der Waals surface area contributed by atoms with Crippen LogP contribution in [0.2, 0.25) is 0 Å². The van der Waals surface area contributed by atoms with Crippen LogP contribution in [-0.2, 0) is 19.5 Å². The van der Waals surface area contributed by atoms with E-state index in [-0.39, 0.29) is 22.5 Å². The van der Waals surface area contributed by atoms with Crippen molar-refractivity contribution in [2.24, 2.45) is 0 Å². The van der Waals surface area contributed by atoms with Crippen molar-refractivity contribution in [2.45, 2.75) is 78.9 Å². The molecule has 1 saturated heterocycles. The fourth-order valence-electron chi connectivity index (χ4n) is 3.08. The molecule has 25 heavy (non-hydrogen) atoms. The molecule has 0 aliphatic carbocycles. The van der Waals surface area contributed by atoms with Crippen molar-refractivity contribution < 1.29 is 14.1 Å². The molecule has 1 aromatic rings. The Labute approximate surface area is 153 Å². The Morgan fingerprint density at radius 2 is 1.64 bits per heavy atom. The number of benzene rings is 1. The van der Waals surface area contributed by atoms with Crippen LogP contribution in [0.4, 0.5) is 5.69 Å². The molecule has 0 bridgehead atoms. The summed E-state index contributed by atoms with van der Waals surface area (Å²) in [7, 11) is -0.396.